The van der Waals surface area contributed by atoms with E-state index in [0.717, 1.165) is 9.99 Å². The van der Waals surface area contributed by atoms with Gasteiger partial charge in [-0.1, -0.05) is 23.7 Å². The lowest BCUT2D eigenvalue weighted by Crippen LogP contribution is -2.04. The first-order valence-corrected chi connectivity index (χ1v) is 6.24. The largest absolute Gasteiger partial charge is 0.353 e. The van der Waals surface area contributed by atoms with Gasteiger partial charge in [-0.15, -0.1) is 0 Å². The monoisotopic (exact) mass is 307 g/mol. The number of aromatic amines is 1. The van der Waals surface area contributed by atoms with E-state index >= 15 is 0 Å². The van der Waals surface area contributed by atoms with Crippen LogP contribution in [0.5, 0.6) is 0 Å². The van der Waals surface area contributed by atoms with Gasteiger partial charge in [-0.2, -0.15) is 0 Å². The first-order valence-electron chi connectivity index (χ1n) is 5.07. The number of rotatable bonds is 0. The Morgan fingerprint density at radius 2 is 1.82 bits per heavy atom. The SMILES string of the molecule is O=c1c2ccccc2[nH]c2c(Cl)c(Br)ccc12. The summed E-state index contributed by atoms with van der Waals surface area (Å²) >= 11 is 9.53. The highest BCUT2D eigenvalue weighted by atomic mass is 79.9. The summed E-state index contributed by atoms with van der Waals surface area (Å²) in [6.45, 7) is 0. The molecule has 0 atom stereocenters. The number of aromatic nitrogens is 1. The third kappa shape index (κ3) is 1.58. The van der Waals surface area contributed by atoms with Gasteiger partial charge < -0.3 is 4.98 Å². The van der Waals surface area contributed by atoms with Crippen molar-refractivity contribution in [3.63, 3.8) is 0 Å². The minimum Gasteiger partial charge on any atom is -0.353 e. The summed E-state index contributed by atoms with van der Waals surface area (Å²) in [5, 5.41) is 1.82. The molecule has 17 heavy (non-hydrogen) atoms. The molecule has 3 aromatic rings. The van der Waals surface area contributed by atoms with E-state index in [0.29, 0.717) is 21.3 Å². The van der Waals surface area contributed by atoms with Gasteiger partial charge in [-0.25, -0.2) is 0 Å². The number of hydrogen-bond acceptors (Lipinski definition) is 1. The third-order valence-corrected chi connectivity index (χ3v) is 4.05. The van der Waals surface area contributed by atoms with Gasteiger partial charge in [0.2, 0.25) is 0 Å². The predicted octanol–water partition coefficient (Wildman–Crippen LogP) is 4.10. The van der Waals surface area contributed by atoms with Crippen molar-refractivity contribution >= 4 is 49.3 Å². The zero-order valence-electron chi connectivity index (χ0n) is 8.63. The van der Waals surface area contributed by atoms with Gasteiger partial charge in [-0.05, 0) is 40.2 Å². The topological polar surface area (TPSA) is 32.9 Å². The summed E-state index contributed by atoms with van der Waals surface area (Å²) < 4.78 is 0.776. The Kier molecular flexibility index (Phi) is 2.45. The highest BCUT2D eigenvalue weighted by molar-refractivity contribution is 9.10. The molecule has 1 aromatic heterocycles. The Balaban J connectivity index is 2.64. The van der Waals surface area contributed by atoms with E-state index < -0.39 is 0 Å². The molecular formula is C13H7BrClNO. The van der Waals surface area contributed by atoms with Gasteiger partial charge in [0.15, 0.2) is 5.43 Å². The summed E-state index contributed by atoms with van der Waals surface area (Å²) in [5.41, 5.74) is 1.47. The Hall–Kier alpha value is -1.32. The molecule has 2 aromatic carbocycles. The van der Waals surface area contributed by atoms with Crippen molar-refractivity contribution < 1.29 is 0 Å². The van der Waals surface area contributed by atoms with Crippen LogP contribution >= 0.6 is 27.5 Å². The number of pyridine rings is 1. The Morgan fingerprint density at radius 3 is 2.65 bits per heavy atom. The van der Waals surface area contributed by atoms with Gasteiger partial charge in [0.05, 0.1) is 10.5 Å². The third-order valence-electron chi connectivity index (χ3n) is 2.77. The fourth-order valence-corrected chi connectivity index (χ4v) is 2.47. The predicted molar refractivity (Wildman–Crippen MR) is 74.8 cm³/mol. The van der Waals surface area contributed by atoms with E-state index in [4.69, 9.17) is 11.6 Å². The molecule has 0 spiro atoms. The zero-order valence-corrected chi connectivity index (χ0v) is 11.0. The molecule has 0 amide bonds. The summed E-state index contributed by atoms with van der Waals surface area (Å²) in [4.78, 5) is 15.5. The van der Waals surface area contributed by atoms with Crippen molar-refractivity contribution in [2.75, 3.05) is 0 Å². The molecule has 0 fully saturated rings. The van der Waals surface area contributed by atoms with Crippen molar-refractivity contribution in [2.24, 2.45) is 0 Å². The number of fused-ring (bicyclic) bond motifs is 2. The molecule has 0 saturated heterocycles. The van der Waals surface area contributed by atoms with E-state index in [2.05, 4.69) is 20.9 Å². The lowest BCUT2D eigenvalue weighted by atomic mass is 10.1. The van der Waals surface area contributed by atoms with Gasteiger partial charge in [0, 0.05) is 20.8 Å². The molecule has 0 aliphatic rings. The van der Waals surface area contributed by atoms with Crippen LogP contribution < -0.4 is 5.43 Å². The second kappa shape index (κ2) is 3.86. The smallest absolute Gasteiger partial charge is 0.197 e. The Morgan fingerprint density at radius 1 is 1.06 bits per heavy atom. The molecule has 0 bridgehead atoms. The van der Waals surface area contributed by atoms with Gasteiger partial charge in [-0.3, -0.25) is 4.79 Å². The number of nitrogens with one attached hydrogen (secondary N) is 1. The normalized spacial score (nSPS) is 11.2. The highest BCUT2D eigenvalue weighted by Crippen LogP contribution is 2.29. The van der Waals surface area contributed by atoms with Crippen molar-refractivity contribution in [2.45, 2.75) is 0 Å². The first-order chi connectivity index (χ1) is 8.18. The summed E-state index contributed by atoms with van der Waals surface area (Å²) in [6.07, 6.45) is 0. The maximum absolute atomic E-state index is 12.3. The molecule has 2 nitrogen and oxygen atoms in total. The maximum Gasteiger partial charge on any atom is 0.197 e. The summed E-state index contributed by atoms with van der Waals surface area (Å²) in [6, 6.07) is 11.0. The number of halogens is 2. The fourth-order valence-electron chi connectivity index (χ4n) is 1.93. The molecular weight excluding hydrogens is 302 g/mol. The van der Waals surface area contributed by atoms with Gasteiger partial charge in [0.1, 0.15) is 0 Å². The minimum absolute atomic E-state index is 0.00347. The molecule has 0 radical (unpaired) electrons. The average molecular weight is 309 g/mol. The molecule has 4 heteroatoms. The van der Waals surface area contributed by atoms with E-state index in [1.165, 1.54) is 0 Å². The quantitative estimate of drug-likeness (QED) is 0.623. The van der Waals surface area contributed by atoms with Crippen LogP contribution in [0.25, 0.3) is 21.8 Å². The van der Waals surface area contributed by atoms with Crippen LogP contribution in [-0.2, 0) is 0 Å². The van der Waals surface area contributed by atoms with E-state index in [1.54, 1.807) is 12.1 Å². The van der Waals surface area contributed by atoms with Gasteiger partial charge in [0.25, 0.3) is 0 Å². The van der Waals surface area contributed by atoms with Crippen LogP contribution in [0.4, 0.5) is 0 Å². The minimum atomic E-state index is 0.00347. The van der Waals surface area contributed by atoms with E-state index in [9.17, 15) is 4.79 Å². The fraction of sp³-hybridized carbons (Fsp3) is 0. The lowest BCUT2D eigenvalue weighted by molar-refractivity contribution is 1.47. The molecule has 0 saturated carbocycles. The Labute approximate surface area is 110 Å². The lowest BCUT2D eigenvalue weighted by Gasteiger charge is -2.05. The molecule has 1 heterocycles. The first kappa shape index (κ1) is 10.8. The summed E-state index contributed by atoms with van der Waals surface area (Å²) in [7, 11) is 0. The van der Waals surface area contributed by atoms with E-state index in [-0.39, 0.29) is 5.43 Å². The van der Waals surface area contributed by atoms with Crippen molar-refractivity contribution in [3.05, 3.63) is 56.1 Å². The number of hydrogen-bond donors (Lipinski definition) is 1. The maximum atomic E-state index is 12.3. The van der Waals surface area contributed by atoms with Crippen LogP contribution in [0.15, 0.2) is 45.7 Å². The zero-order chi connectivity index (χ0) is 12.0. The number of H-pyrrole nitrogens is 1. The average Bonchev–Trinajstić information content (AvgIpc) is 2.35. The second-order valence-electron chi connectivity index (χ2n) is 3.78. The van der Waals surface area contributed by atoms with Gasteiger partial charge >= 0.3 is 0 Å². The van der Waals surface area contributed by atoms with Crippen molar-refractivity contribution in [1.82, 2.24) is 4.98 Å². The highest BCUT2D eigenvalue weighted by Gasteiger charge is 2.09. The van der Waals surface area contributed by atoms with Crippen LogP contribution in [0, 0.1) is 0 Å². The molecule has 3 rings (SSSR count). The summed E-state index contributed by atoms with van der Waals surface area (Å²) in [5.74, 6) is 0. The van der Waals surface area contributed by atoms with Crippen LogP contribution in [0.1, 0.15) is 0 Å². The molecule has 84 valence electrons. The van der Waals surface area contributed by atoms with Crippen LogP contribution in [-0.4, -0.2) is 4.98 Å². The van der Waals surface area contributed by atoms with Crippen molar-refractivity contribution in [3.8, 4) is 0 Å². The van der Waals surface area contributed by atoms with Crippen molar-refractivity contribution in [1.29, 1.82) is 0 Å². The van der Waals surface area contributed by atoms with Crippen LogP contribution in [0.3, 0.4) is 0 Å². The van der Waals surface area contributed by atoms with E-state index in [1.807, 2.05) is 24.3 Å². The molecule has 0 aliphatic heterocycles. The Bertz CT molecular complexity index is 794. The molecule has 1 N–H and O–H groups in total. The second-order valence-corrected chi connectivity index (χ2v) is 5.02. The standard InChI is InChI=1S/C13H7BrClNO/c14-9-6-5-8-12(11(9)15)16-10-4-2-1-3-7(10)13(8)17/h1-6H,(H,16,17). The molecule has 0 aliphatic carbocycles. The number of benzene rings is 2. The number of para-hydroxylation sites is 1. The molecule has 0 unspecified atom stereocenters. The van der Waals surface area contributed by atoms with Crippen LogP contribution in [0.2, 0.25) is 5.02 Å².